The summed E-state index contributed by atoms with van der Waals surface area (Å²) in [5.74, 6) is 5.02. The number of piperazine rings is 1. The first kappa shape index (κ1) is 14.5. The van der Waals surface area contributed by atoms with Crippen molar-refractivity contribution in [3.8, 4) is 0 Å². The summed E-state index contributed by atoms with van der Waals surface area (Å²) in [6.45, 7) is 9.60. The van der Waals surface area contributed by atoms with Gasteiger partial charge in [-0.15, -0.1) is 11.3 Å². The van der Waals surface area contributed by atoms with Crippen LogP contribution in [0.4, 0.5) is 0 Å². The van der Waals surface area contributed by atoms with Crippen LogP contribution in [0.3, 0.4) is 0 Å². The van der Waals surface area contributed by atoms with E-state index in [1.54, 1.807) is 0 Å². The van der Waals surface area contributed by atoms with Crippen LogP contribution in [0.5, 0.6) is 0 Å². The van der Waals surface area contributed by atoms with Crippen LogP contribution < -0.4 is 11.3 Å². The number of nitrogen functional groups attached to an aromatic ring is 1. The van der Waals surface area contributed by atoms with Crippen molar-refractivity contribution in [3.05, 3.63) is 21.9 Å². The summed E-state index contributed by atoms with van der Waals surface area (Å²) in [7, 11) is 0. The summed E-state index contributed by atoms with van der Waals surface area (Å²) < 4.78 is 0. The molecule has 19 heavy (non-hydrogen) atoms. The van der Waals surface area contributed by atoms with Crippen molar-refractivity contribution in [2.24, 2.45) is 5.84 Å². The van der Waals surface area contributed by atoms with E-state index in [9.17, 15) is 4.79 Å². The molecule has 0 saturated carbocycles. The van der Waals surface area contributed by atoms with Crippen molar-refractivity contribution >= 4 is 17.2 Å². The van der Waals surface area contributed by atoms with Gasteiger partial charge in [-0.05, 0) is 30.5 Å². The highest BCUT2D eigenvalue weighted by Gasteiger charge is 2.23. The number of hydrazine groups is 1. The van der Waals surface area contributed by atoms with Gasteiger partial charge >= 0.3 is 0 Å². The average Bonchev–Trinajstić information content (AvgIpc) is 2.86. The van der Waals surface area contributed by atoms with E-state index in [2.05, 4.69) is 29.1 Å². The molecule has 1 fully saturated rings. The summed E-state index contributed by atoms with van der Waals surface area (Å²) in [4.78, 5) is 17.3. The molecule has 1 aromatic heterocycles. The fourth-order valence-electron chi connectivity index (χ4n) is 2.65. The minimum Gasteiger partial charge on any atom is -0.298 e. The molecule has 1 amide bonds. The third-order valence-electron chi connectivity index (χ3n) is 3.73. The highest BCUT2D eigenvalue weighted by atomic mass is 32.1. The topological polar surface area (TPSA) is 61.6 Å². The van der Waals surface area contributed by atoms with E-state index in [1.165, 1.54) is 11.3 Å². The van der Waals surface area contributed by atoms with Crippen LogP contribution in [0, 0.1) is 0 Å². The zero-order chi connectivity index (χ0) is 13.8. The maximum atomic E-state index is 11.6. The summed E-state index contributed by atoms with van der Waals surface area (Å²) in [6, 6.07) is 2.59. The molecule has 2 heterocycles. The van der Waals surface area contributed by atoms with Crippen LogP contribution >= 0.6 is 11.3 Å². The number of thiophene rings is 1. The number of carbonyl (C=O) groups excluding carboxylic acids is 1. The smallest absolute Gasteiger partial charge is 0.275 e. The molecule has 1 saturated heterocycles. The van der Waals surface area contributed by atoms with Gasteiger partial charge in [-0.2, -0.15) is 0 Å². The van der Waals surface area contributed by atoms with E-state index in [0.717, 1.165) is 43.2 Å². The van der Waals surface area contributed by atoms with Gasteiger partial charge in [-0.25, -0.2) is 5.84 Å². The van der Waals surface area contributed by atoms with Crippen LogP contribution in [0.2, 0.25) is 0 Å². The number of hydrogen-bond acceptors (Lipinski definition) is 5. The maximum absolute atomic E-state index is 11.6. The molecule has 0 aromatic carbocycles. The maximum Gasteiger partial charge on any atom is 0.275 e. The van der Waals surface area contributed by atoms with Crippen molar-refractivity contribution in [3.63, 3.8) is 0 Å². The van der Waals surface area contributed by atoms with Gasteiger partial charge in [0.2, 0.25) is 0 Å². The van der Waals surface area contributed by atoms with Gasteiger partial charge in [0.25, 0.3) is 5.91 Å². The first-order valence-corrected chi connectivity index (χ1v) is 7.57. The lowest BCUT2D eigenvalue weighted by atomic mass is 10.1. The second-order valence-corrected chi connectivity index (χ2v) is 5.88. The number of likely N-dealkylation sites (N-methyl/N-ethyl adjacent to an activating group) is 1. The lowest BCUT2D eigenvalue weighted by molar-refractivity contribution is 0.0828. The van der Waals surface area contributed by atoms with Crippen molar-refractivity contribution in [1.82, 2.24) is 15.2 Å². The van der Waals surface area contributed by atoms with E-state index < -0.39 is 0 Å². The molecule has 1 aromatic rings. The summed E-state index contributed by atoms with van der Waals surface area (Å²) in [5, 5.41) is 1.95. The standard InChI is InChI=1S/C13H22N4OS/c1-3-17-6-5-16(8-10(17)2)9-11-4-7-19-12(11)13(18)15-14/h4,7,10H,3,5-6,8-9,14H2,1-2H3,(H,15,18). The number of hydrogen-bond donors (Lipinski definition) is 2. The highest BCUT2D eigenvalue weighted by Crippen LogP contribution is 2.20. The lowest BCUT2D eigenvalue weighted by Gasteiger charge is -2.39. The monoisotopic (exact) mass is 282 g/mol. The number of nitrogens with one attached hydrogen (secondary N) is 1. The lowest BCUT2D eigenvalue weighted by Crippen LogP contribution is -2.51. The molecule has 1 atom stereocenters. The normalized spacial score (nSPS) is 21.5. The Balaban J connectivity index is 1.99. The Morgan fingerprint density at radius 2 is 2.37 bits per heavy atom. The summed E-state index contributed by atoms with van der Waals surface area (Å²) in [5.41, 5.74) is 3.29. The molecule has 1 aliphatic rings. The Labute approximate surface area is 118 Å². The van der Waals surface area contributed by atoms with Gasteiger partial charge in [0.05, 0.1) is 4.88 Å². The first-order chi connectivity index (χ1) is 9.15. The molecule has 5 nitrogen and oxygen atoms in total. The van der Waals surface area contributed by atoms with Crippen molar-refractivity contribution in [2.45, 2.75) is 26.4 Å². The molecule has 0 spiro atoms. The third kappa shape index (κ3) is 3.33. The number of carbonyl (C=O) groups is 1. The Bertz CT molecular complexity index is 434. The molecule has 0 radical (unpaired) electrons. The average molecular weight is 282 g/mol. The second kappa shape index (κ2) is 6.47. The molecule has 6 heteroatoms. The van der Waals surface area contributed by atoms with Crippen molar-refractivity contribution in [1.29, 1.82) is 0 Å². The van der Waals surface area contributed by atoms with Crippen LogP contribution in [-0.4, -0.2) is 47.9 Å². The van der Waals surface area contributed by atoms with Crippen LogP contribution in [0.1, 0.15) is 29.1 Å². The number of amides is 1. The molecule has 106 valence electrons. The molecular formula is C13H22N4OS. The van der Waals surface area contributed by atoms with Gasteiger partial charge in [-0.3, -0.25) is 20.0 Å². The molecule has 0 bridgehead atoms. The highest BCUT2D eigenvalue weighted by molar-refractivity contribution is 7.12. The Morgan fingerprint density at radius 1 is 1.58 bits per heavy atom. The Hall–Kier alpha value is -0.950. The largest absolute Gasteiger partial charge is 0.298 e. The number of nitrogens with two attached hydrogens (primary N) is 1. The predicted octanol–water partition coefficient (Wildman–Crippen LogP) is 0.878. The van der Waals surface area contributed by atoms with Gasteiger partial charge in [0.1, 0.15) is 0 Å². The fourth-order valence-corrected chi connectivity index (χ4v) is 3.47. The zero-order valence-electron chi connectivity index (χ0n) is 11.6. The Kier molecular flexibility index (Phi) is 4.93. The van der Waals surface area contributed by atoms with Crippen LogP contribution in [-0.2, 0) is 6.54 Å². The van der Waals surface area contributed by atoms with Gasteiger partial charge < -0.3 is 0 Å². The van der Waals surface area contributed by atoms with Crippen molar-refractivity contribution in [2.75, 3.05) is 26.2 Å². The molecule has 2 rings (SSSR count). The number of nitrogens with zero attached hydrogens (tertiary/aromatic N) is 2. The molecule has 1 aliphatic heterocycles. The minimum absolute atomic E-state index is 0.190. The van der Waals surface area contributed by atoms with E-state index in [-0.39, 0.29) is 5.91 Å². The van der Waals surface area contributed by atoms with E-state index in [4.69, 9.17) is 5.84 Å². The Morgan fingerprint density at radius 3 is 3.00 bits per heavy atom. The molecule has 1 unspecified atom stereocenters. The SMILES string of the molecule is CCN1CCN(Cc2ccsc2C(=O)NN)CC1C. The van der Waals surface area contributed by atoms with E-state index >= 15 is 0 Å². The third-order valence-corrected chi connectivity index (χ3v) is 4.69. The predicted molar refractivity (Wildman–Crippen MR) is 78.0 cm³/mol. The van der Waals surface area contributed by atoms with Gasteiger partial charge in [-0.1, -0.05) is 6.92 Å². The van der Waals surface area contributed by atoms with Gasteiger partial charge in [0.15, 0.2) is 0 Å². The molecular weight excluding hydrogens is 260 g/mol. The number of rotatable bonds is 4. The quantitative estimate of drug-likeness (QED) is 0.489. The zero-order valence-corrected chi connectivity index (χ0v) is 12.4. The fraction of sp³-hybridized carbons (Fsp3) is 0.615. The van der Waals surface area contributed by atoms with E-state index in [0.29, 0.717) is 6.04 Å². The first-order valence-electron chi connectivity index (χ1n) is 6.69. The van der Waals surface area contributed by atoms with Gasteiger partial charge in [0, 0.05) is 32.2 Å². The van der Waals surface area contributed by atoms with Crippen LogP contribution in [0.15, 0.2) is 11.4 Å². The van der Waals surface area contributed by atoms with Crippen molar-refractivity contribution < 1.29 is 4.79 Å². The summed E-state index contributed by atoms with van der Waals surface area (Å²) >= 11 is 1.45. The molecule has 0 aliphatic carbocycles. The molecule has 3 N–H and O–H groups in total. The minimum atomic E-state index is -0.190. The van der Waals surface area contributed by atoms with Crippen LogP contribution in [0.25, 0.3) is 0 Å². The summed E-state index contributed by atoms with van der Waals surface area (Å²) in [6.07, 6.45) is 0. The van der Waals surface area contributed by atoms with E-state index in [1.807, 2.05) is 11.4 Å². The second-order valence-electron chi connectivity index (χ2n) is 4.96.